The molecule has 2 N–H and O–H groups in total. The Kier molecular flexibility index (Phi) is 10.3. The zero-order valence-electron chi connectivity index (χ0n) is 26.2. The summed E-state index contributed by atoms with van der Waals surface area (Å²) in [5, 5.41) is 2.66. The third kappa shape index (κ3) is 7.64. The lowest BCUT2D eigenvalue weighted by Gasteiger charge is -2.25. The highest BCUT2D eigenvalue weighted by atomic mass is 32.2. The van der Waals surface area contributed by atoms with Crippen molar-refractivity contribution in [1.29, 1.82) is 0 Å². The molecule has 4 rings (SSSR count). The fraction of sp³-hybridized carbons (Fsp3) is 0.219. The van der Waals surface area contributed by atoms with Crippen molar-refractivity contribution in [3.8, 4) is 23.0 Å². The van der Waals surface area contributed by atoms with Crippen LogP contribution in [0.1, 0.15) is 11.1 Å². The molecular weight excluding hydrogens is 634 g/mol. The molecule has 0 radical (unpaired) electrons. The molecule has 4 aromatic carbocycles. The molecule has 0 spiro atoms. The summed E-state index contributed by atoms with van der Waals surface area (Å²) in [5.74, 6) is 0.630. The molecule has 4 aromatic rings. The second kappa shape index (κ2) is 14.0. The number of carbonyl (C=O) groups is 1. The number of rotatable bonds is 13. The predicted octanol–water partition coefficient (Wildman–Crippen LogP) is 4.97. The first-order chi connectivity index (χ1) is 21.8. The van der Waals surface area contributed by atoms with Gasteiger partial charge in [-0.1, -0.05) is 6.07 Å². The van der Waals surface area contributed by atoms with E-state index in [1.165, 1.54) is 77.0 Å². The quantitative estimate of drug-likeness (QED) is 0.201. The Morgan fingerprint density at radius 2 is 1.26 bits per heavy atom. The van der Waals surface area contributed by atoms with E-state index in [0.717, 1.165) is 15.4 Å². The average Bonchev–Trinajstić information content (AvgIpc) is 3.02. The summed E-state index contributed by atoms with van der Waals surface area (Å²) in [5.41, 5.74) is 2.34. The lowest BCUT2D eigenvalue weighted by Crippen LogP contribution is -2.38. The number of hydrogen-bond acceptors (Lipinski definition) is 9. The first-order valence-corrected chi connectivity index (χ1v) is 16.7. The molecule has 244 valence electrons. The van der Waals surface area contributed by atoms with E-state index in [9.17, 15) is 21.6 Å². The number of aryl methyl sites for hydroxylation is 2. The molecule has 0 aliphatic rings. The number of hydrogen-bond donors (Lipinski definition) is 2. The first kappa shape index (κ1) is 33.9. The molecule has 1 amide bonds. The predicted molar refractivity (Wildman–Crippen MR) is 175 cm³/mol. The number of amides is 1. The molecule has 0 aliphatic carbocycles. The van der Waals surface area contributed by atoms with Gasteiger partial charge in [-0.3, -0.25) is 13.8 Å². The van der Waals surface area contributed by atoms with Crippen molar-refractivity contribution in [2.24, 2.45) is 0 Å². The van der Waals surface area contributed by atoms with Crippen LogP contribution in [-0.2, 0) is 24.8 Å². The number of benzene rings is 4. The van der Waals surface area contributed by atoms with Gasteiger partial charge < -0.3 is 24.3 Å². The Morgan fingerprint density at radius 3 is 1.85 bits per heavy atom. The van der Waals surface area contributed by atoms with Crippen LogP contribution in [0.2, 0.25) is 0 Å². The highest BCUT2D eigenvalue weighted by Gasteiger charge is 2.29. The molecule has 0 aromatic heterocycles. The lowest BCUT2D eigenvalue weighted by atomic mass is 10.1. The molecule has 0 unspecified atom stereocenters. The minimum atomic E-state index is -4.27. The van der Waals surface area contributed by atoms with E-state index in [0.29, 0.717) is 22.9 Å². The number of nitrogens with zero attached hydrogens (tertiary/aromatic N) is 1. The molecule has 0 saturated heterocycles. The van der Waals surface area contributed by atoms with E-state index in [-0.39, 0.29) is 26.9 Å². The van der Waals surface area contributed by atoms with E-state index < -0.39 is 32.5 Å². The Hall–Kier alpha value is -4.95. The number of methoxy groups -OCH3 is 4. The van der Waals surface area contributed by atoms with E-state index in [1.54, 1.807) is 24.3 Å². The van der Waals surface area contributed by atoms with Gasteiger partial charge in [0, 0.05) is 17.8 Å². The molecule has 14 heteroatoms. The standard InChI is InChI=1S/C32H35N3O9S2/c1-21-15-22(2)17-24(16-21)35(46(39,40)27-12-14-30(43-5)31(19-27)44-6)20-32(36)33-23-7-10-26(11-8-23)45(37,38)34-28-18-25(41-3)9-13-29(28)42-4/h7-19,34H,20H2,1-6H3,(H,33,36). The topological polar surface area (TPSA) is 150 Å². The highest BCUT2D eigenvalue weighted by molar-refractivity contribution is 7.93. The molecule has 0 atom stereocenters. The van der Waals surface area contributed by atoms with Gasteiger partial charge >= 0.3 is 0 Å². The van der Waals surface area contributed by atoms with Gasteiger partial charge in [-0.2, -0.15) is 0 Å². The van der Waals surface area contributed by atoms with Gasteiger partial charge in [0.2, 0.25) is 5.91 Å². The number of sulfonamides is 2. The van der Waals surface area contributed by atoms with Gasteiger partial charge in [0.1, 0.15) is 18.0 Å². The largest absolute Gasteiger partial charge is 0.497 e. The zero-order chi connectivity index (χ0) is 33.6. The number of anilines is 3. The second-order valence-corrected chi connectivity index (χ2v) is 13.7. The highest BCUT2D eigenvalue weighted by Crippen LogP contribution is 2.33. The van der Waals surface area contributed by atoms with Crippen molar-refractivity contribution >= 4 is 43.0 Å². The second-order valence-electron chi connectivity index (χ2n) is 10.1. The van der Waals surface area contributed by atoms with Gasteiger partial charge in [0.25, 0.3) is 20.0 Å². The normalized spacial score (nSPS) is 11.3. The summed E-state index contributed by atoms with van der Waals surface area (Å²) in [6.45, 7) is 3.08. The van der Waals surface area contributed by atoms with Crippen molar-refractivity contribution < 1.29 is 40.6 Å². The molecule has 0 aliphatic heterocycles. The summed E-state index contributed by atoms with van der Waals surface area (Å²) in [7, 11) is -2.61. The van der Waals surface area contributed by atoms with Gasteiger partial charge in [-0.15, -0.1) is 0 Å². The van der Waals surface area contributed by atoms with Crippen LogP contribution < -0.4 is 33.3 Å². The Bertz CT molecular complexity index is 1930. The molecule has 12 nitrogen and oxygen atoms in total. The number of carbonyl (C=O) groups excluding carboxylic acids is 1. The van der Waals surface area contributed by atoms with Crippen LogP contribution in [0.4, 0.5) is 17.1 Å². The summed E-state index contributed by atoms with van der Waals surface area (Å²) in [6.07, 6.45) is 0. The van der Waals surface area contributed by atoms with E-state index >= 15 is 0 Å². The van der Waals surface area contributed by atoms with Crippen molar-refractivity contribution in [3.63, 3.8) is 0 Å². The van der Waals surface area contributed by atoms with E-state index in [1.807, 2.05) is 19.9 Å². The van der Waals surface area contributed by atoms with Crippen LogP contribution in [0.25, 0.3) is 0 Å². The minimum absolute atomic E-state index is 0.0803. The number of nitrogens with one attached hydrogen (secondary N) is 2. The summed E-state index contributed by atoms with van der Waals surface area (Å²) in [6, 6.07) is 19.5. The zero-order valence-corrected chi connectivity index (χ0v) is 27.8. The molecule has 0 bridgehead atoms. The Labute approximate surface area is 269 Å². The van der Waals surface area contributed by atoms with Gasteiger partial charge in [0.05, 0.1) is 49.6 Å². The SMILES string of the molecule is COc1ccc(OC)c(NS(=O)(=O)c2ccc(NC(=O)CN(c3cc(C)cc(C)c3)S(=O)(=O)c3ccc(OC)c(OC)c3)cc2)c1. The van der Waals surface area contributed by atoms with Crippen LogP contribution >= 0.6 is 0 Å². The monoisotopic (exact) mass is 669 g/mol. The fourth-order valence-corrected chi connectivity index (χ4v) is 7.14. The van der Waals surface area contributed by atoms with Crippen LogP contribution in [0, 0.1) is 13.8 Å². The van der Waals surface area contributed by atoms with Crippen LogP contribution in [-0.4, -0.2) is 57.7 Å². The molecule has 0 fully saturated rings. The Morgan fingerprint density at radius 1 is 0.674 bits per heavy atom. The van der Waals surface area contributed by atoms with Gasteiger partial charge in [-0.05, 0) is 85.6 Å². The van der Waals surface area contributed by atoms with Crippen molar-refractivity contribution in [2.75, 3.05) is 49.3 Å². The van der Waals surface area contributed by atoms with Crippen LogP contribution in [0.5, 0.6) is 23.0 Å². The van der Waals surface area contributed by atoms with Crippen molar-refractivity contribution in [3.05, 3.63) is 90.0 Å². The molecular formula is C32H35N3O9S2. The lowest BCUT2D eigenvalue weighted by molar-refractivity contribution is -0.114. The maximum Gasteiger partial charge on any atom is 0.264 e. The van der Waals surface area contributed by atoms with E-state index in [4.69, 9.17) is 18.9 Å². The van der Waals surface area contributed by atoms with Crippen molar-refractivity contribution in [1.82, 2.24) is 0 Å². The van der Waals surface area contributed by atoms with Crippen molar-refractivity contribution in [2.45, 2.75) is 23.6 Å². The summed E-state index contributed by atoms with van der Waals surface area (Å²) >= 11 is 0. The molecule has 0 heterocycles. The summed E-state index contributed by atoms with van der Waals surface area (Å²) < 4.78 is 78.6. The molecule has 0 saturated carbocycles. The van der Waals surface area contributed by atoms with E-state index in [2.05, 4.69) is 10.0 Å². The third-order valence-electron chi connectivity index (χ3n) is 6.82. The smallest absolute Gasteiger partial charge is 0.264 e. The first-order valence-electron chi connectivity index (χ1n) is 13.8. The summed E-state index contributed by atoms with van der Waals surface area (Å²) in [4.78, 5) is 13.1. The Balaban J connectivity index is 1.59. The number of ether oxygens (including phenoxy) is 4. The van der Waals surface area contributed by atoms with Crippen LogP contribution in [0.3, 0.4) is 0 Å². The minimum Gasteiger partial charge on any atom is -0.497 e. The van der Waals surface area contributed by atoms with Crippen LogP contribution in [0.15, 0.2) is 88.7 Å². The maximum absolute atomic E-state index is 14.0. The van der Waals surface area contributed by atoms with Gasteiger partial charge in [-0.25, -0.2) is 16.8 Å². The third-order valence-corrected chi connectivity index (χ3v) is 9.98. The molecule has 46 heavy (non-hydrogen) atoms. The maximum atomic E-state index is 14.0. The average molecular weight is 670 g/mol. The fourth-order valence-electron chi connectivity index (χ4n) is 4.66. The van der Waals surface area contributed by atoms with Gasteiger partial charge in [0.15, 0.2) is 11.5 Å².